The lowest BCUT2D eigenvalue weighted by atomic mass is 9.97. The predicted molar refractivity (Wildman–Crippen MR) is 159 cm³/mol. The molecule has 0 aliphatic heterocycles. The average Bonchev–Trinajstić information content (AvgIpc) is 2.92. The first-order chi connectivity index (χ1) is 19.2. The van der Waals surface area contributed by atoms with Crippen LogP contribution < -0.4 is 0 Å². The molecule has 0 rings (SSSR count). The molecule has 0 aromatic heterocycles. The molecular weight excluding hydrogens is 512 g/mol. The Morgan fingerprint density at radius 3 is 1.05 bits per heavy atom. The van der Waals surface area contributed by atoms with E-state index in [9.17, 15) is 29.4 Å². The highest BCUT2D eigenvalue weighted by molar-refractivity contribution is 5.98. The van der Waals surface area contributed by atoms with Crippen molar-refractivity contribution in [1.82, 2.24) is 0 Å². The zero-order valence-corrected chi connectivity index (χ0v) is 25.6. The summed E-state index contributed by atoms with van der Waals surface area (Å²) in [6.45, 7) is 9.25. The van der Waals surface area contributed by atoms with Gasteiger partial charge in [-0.1, -0.05) is 105 Å². The van der Waals surface area contributed by atoms with Gasteiger partial charge in [-0.25, -0.2) is 19.2 Å². The lowest BCUT2D eigenvalue weighted by molar-refractivity contribution is -0.140. The number of carboxylic acids is 2. The Balaban J connectivity index is 0. The lowest BCUT2D eigenvalue weighted by Crippen LogP contribution is -2.12. The number of rotatable bonds is 24. The number of carbonyl (C=O) groups excluding carboxylic acids is 2. The van der Waals surface area contributed by atoms with Crippen LogP contribution in [0.5, 0.6) is 0 Å². The molecule has 0 aliphatic rings. The van der Waals surface area contributed by atoms with E-state index in [1.807, 2.05) is 0 Å². The van der Waals surface area contributed by atoms with Crippen molar-refractivity contribution in [3.05, 3.63) is 23.3 Å². The molecule has 0 bridgehead atoms. The minimum Gasteiger partial charge on any atom is -0.478 e. The third-order valence-corrected chi connectivity index (χ3v) is 6.28. The van der Waals surface area contributed by atoms with E-state index in [-0.39, 0.29) is 11.1 Å². The Bertz CT molecular complexity index is 679. The first kappa shape index (κ1) is 39.5. The Morgan fingerprint density at radius 2 is 0.775 bits per heavy atom. The monoisotopic (exact) mass is 568 g/mol. The van der Waals surface area contributed by atoms with Gasteiger partial charge in [-0.3, -0.25) is 0 Å². The fourth-order valence-corrected chi connectivity index (χ4v) is 3.87. The summed E-state index contributed by atoms with van der Waals surface area (Å²) in [4.78, 5) is 45.1. The van der Waals surface area contributed by atoms with E-state index in [1.54, 1.807) is 0 Å². The van der Waals surface area contributed by atoms with Crippen molar-refractivity contribution in [2.45, 2.75) is 143 Å². The highest BCUT2D eigenvalue weighted by atomic mass is 16.5. The summed E-state index contributed by atoms with van der Waals surface area (Å²) >= 11 is 0. The smallest absolute Gasteiger partial charge is 0.332 e. The van der Waals surface area contributed by atoms with E-state index >= 15 is 0 Å². The molecule has 0 atom stereocenters. The minimum absolute atomic E-state index is 0.102. The summed E-state index contributed by atoms with van der Waals surface area (Å²) in [5.41, 5.74) is 0.204. The number of esters is 2. The van der Waals surface area contributed by atoms with Gasteiger partial charge in [0.25, 0.3) is 0 Å². The second-order valence-electron chi connectivity index (χ2n) is 9.98. The highest BCUT2D eigenvalue weighted by Gasteiger charge is 2.19. The topological polar surface area (TPSA) is 127 Å². The summed E-state index contributed by atoms with van der Waals surface area (Å²) in [5, 5.41) is 18.5. The molecule has 40 heavy (non-hydrogen) atoms. The Kier molecular flexibility index (Phi) is 29.0. The molecular formula is C32H56O8. The molecule has 0 aliphatic carbocycles. The number of unbranched alkanes of at least 4 members (excludes halogenated alkanes) is 12. The third-order valence-electron chi connectivity index (χ3n) is 6.28. The zero-order chi connectivity index (χ0) is 30.4. The number of carbonyl (C=O) groups is 4. The molecule has 0 saturated carbocycles. The number of carboxylic acid groups (broad SMARTS) is 2. The molecule has 0 saturated heterocycles. The maximum absolute atomic E-state index is 11.3. The van der Waals surface area contributed by atoms with E-state index in [0.29, 0.717) is 26.1 Å². The van der Waals surface area contributed by atoms with E-state index in [2.05, 4.69) is 27.7 Å². The third kappa shape index (κ3) is 25.6. The van der Waals surface area contributed by atoms with Crippen molar-refractivity contribution in [2.75, 3.05) is 13.2 Å². The molecule has 8 heteroatoms. The maximum Gasteiger partial charge on any atom is 0.332 e. The van der Waals surface area contributed by atoms with Gasteiger partial charge < -0.3 is 19.7 Å². The molecule has 0 unspecified atom stereocenters. The number of ether oxygens (including phenoxy) is 2. The van der Waals surface area contributed by atoms with Gasteiger partial charge in [0.1, 0.15) is 0 Å². The molecule has 0 radical (unpaired) electrons. The molecule has 0 aromatic rings. The van der Waals surface area contributed by atoms with Crippen molar-refractivity contribution in [1.29, 1.82) is 0 Å². The molecule has 8 nitrogen and oxygen atoms in total. The largest absolute Gasteiger partial charge is 0.478 e. The fourth-order valence-electron chi connectivity index (χ4n) is 3.87. The van der Waals surface area contributed by atoms with E-state index in [1.165, 1.54) is 0 Å². The standard InChI is InChI=1S/2C16H28O4/c1-3-5-7-9-13-19-15(17)11-12-16(18)20-14-10-8-6-4-2;1-3-5-7-9-11-13(15(17)18)14(16(19)20)12-10-8-6-4-2/h11-12H,3-10,13-14H2,1-2H3;3-12H2,1-2H3,(H,17,18)(H,19,20)/b12-11+;. The van der Waals surface area contributed by atoms with Gasteiger partial charge in [0.15, 0.2) is 0 Å². The zero-order valence-electron chi connectivity index (χ0n) is 25.6. The summed E-state index contributed by atoms with van der Waals surface area (Å²) in [5.74, 6) is -3.11. The van der Waals surface area contributed by atoms with Crippen LogP contribution in [-0.2, 0) is 28.7 Å². The lowest BCUT2D eigenvalue weighted by Gasteiger charge is -2.09. The number of aliphatic carboxylic acids is 2. The van der Waals surface area contributed by atoms with Crippen LogP contribution in [0.15, 0.2) is 23.3 Å². The second-order valence-corrected chi connectivity index (χ2v) is 9.98. The van der Waals surface area contributed by atoms with Crippen LogP contribution in [-0.4, -0.2) is 47.3 Å². The van der Waals surface area contributed by atoms with Crippen molar-refractivity contribution in [2.24, 2.45) is 0 Å². The van der Waals surface area contributed by atoms with Crippen molar-refractivity contribution < 1.29 is 38.9 Å². The molecule has 2 N–H and O–H groups in total. The van der Waals surface area contributed by atoms with Gasteiger partial charge in [0.2, 0.25) is 0 Å². The second kappa shape index (κ2) is 29.3. The summed E-state index contributed by atoms with van der Waals surface area (Å²) in [7, 11) is 0. The van der Waals surface area contributed by atoms with Crippen molar-refractivity contribution >= 4 is 23.9 Å². The van der Waals surface area contributed by atoms with Gasteiger partial charge in [0, 0.05) is 23.3 Å². The van der Waals surface area contributed by atoms with Gasteiger partial charge in [-0.15, -0.1) is 0 Å². The Hall–Kier alpha value is -2.64. The van der Waals surface area contributed by atoms with Crippen LogP contribution in [0.1, 0.15) is 143 Å². The SMILES string of the molecule is CCCCCCC(C(=O)O)=C(CCCCCC)C(=O)O.CCCCCCOC(=O)/C=C/C(=O)OCCCCCC. The Labute approximate surface area is 242 Å². The minimum atomic E-state index is -1.07. The summed E-state index contributed by atoms with van der Waals surface area (Å²) < 4.78 is 9.93. The molecule has 0 heterocycles. The predicted octanol–water partition coefficient (Wildman–Crippen LogP) is 8.18. The fraction of sp³-hybridized carbons (Fsp3) is 0.750. The van der Waals surface area contributed by atoms with Crippen LogP contribution in [0.4, 0.5) is 0 Å². The molecule has 0 amide bonds. The molecule has 0 aromatic carbocycles. The van der Waals surface area contributed by atoms with Crippen LogP contribution in [0.25, 0.3) is 0 Å². The van der Waals surface area contributed by atoms with Gasteiger partial charge in [-0.05, 0) is 38.5 Å². The maximum atomic E-state index is 11.3. The quantitative estimate of drug-likeness (QED) is 0.0678. The van der Waals surface area contributed by atoms with Crippen LogP contribution in [0.3, 0.4) is 0 Å². The first-order valence-corrected chi connectivity index (χ1v) is 15.4. The van der Waals surface area contributed by atoms with E-state index < -0.39 is 23.9 Å². The molecule has 0 spiro atoms. The van der Waals surface area contributed by atoms with Crippen LogP contribution in [0.2, 0.25) is 0 Å². The van der Waals surface area contributed by atoms with Gasteiger partial charge in [-0.2, -0.15) is 0 Å². The van der Waals surface area contributed by atoms with Crippen molar-refractivity contribution in [3.8, 4) is 0 Å². The highest BCUT2D eigenvalue weighted by Crippen LogP contribution is 2.20. The van der Waals surface area contributed by atoms with Gasteiger partial charge in [0.05, 0.1) is 13.2 Å². The van der Waals surface area contributed by atoms with Gasteiger partial charge >= 0.3 is 23.9 Å². The van der Waals surface area contributed by atoms with Crippen LogP contribution >= 0.6 is 0 Å². The average molecular weight is 569 g/mol. The molecule has 232 valence electrons. The van der Waals surface area contributed by atoms with E-state index in [4.69, 9.17) is 9.47 Å². The van der Waals surface area contributed by atoms with Crippen molar-refractivity contribution in [3.63, 3.8) is 0 Å². The van der Waals surface area contributed by atoms with Crippen LogP contribution in [0, 0.1) is 0 Å². The normalized spacial score (nSPS) is 11.4. The molecule has 0 fully saturated rings. The summed E-state index contributed by atoms with van der Waals surface area (Å²) in [6.07, 6.45) is 19.2. The first-order valence-electron chi connectivity index (χ1n) is 15.4. The Morgan fingerprint density at radius 1 is 0.475 bits per heavy atom. The van der Waals surface area contributed by atoms with E-state index in [0.717, 1.165) is 115 Å². The summed E-state index contributed by atoms with van der Waals surface area (Å²) in [6, 6.07) is 0. The number of hydrogen-bond acceptors (Lipinski definition) is 6. The number of hydrogen-bond donors (Lipinski definition) is 2.